The number of hydrogen-bond acceptors (Lipinski definition) is 3. The number of carbonyl (C=O) groups is 1. The average molecular weight is 281 g/mol. The smallest absolute Gasteiger partial charge is 0.269 e. The van der Waals surface area contributed by atoms with E-state index in [0.29, 0.717) is 18.0 Å². The number of aryl methyl sites for hydroxylation is 1. The minimum Gasteiger partial charge on any atom is -0.467 e. The number of nitrogens with zero attached hydrogens (tertiary/aromatic N) is 1. The van der Waals surface area contributed by atoms with Crippen molar-refractivity contribution in [3.8, 4) is 11.3 Å². The van der Waals surface area contributed by atoms with Crippen LogP contribution in [0.2, 0.25) is 0 Å². The van der Waals surface area contributed by atoms with Gasteiger partial charge < -0.3 is 9.73 Å². The van der Waals surface area contributed by atoms with Gasteiger partial charge in [0.2, 0.25) is 0 Å². The van der Waals surface area contributed by atoms with Crippen LogP contribution in [0.4, 0.5) is 0 Å². The molecule has 0 bridgehead atoms. The first-order valence-corrected chi connectivity index (χ1v) is 6.65. The lowest BCUT2D eigenvalue weighted by atomic mass is 10.1. The highest BCUT2D eigenvalue weighted by Gasteiger charge is 2.11. The molecule has 0 saturated heterocycles. The second kappa shape index (κ2) is 5.66. The van der Waals surface area contributed by atoms with Gasteiger partial charge in [-0.2, -0.15) is 5.10 Å². The van der Waals surface area contributed by atoms with Gasteiger partial charge in [-0.15, -0.1) is 0 Å². The molecule has 0 atom stereocenters. The summed E-state index contributed by atoms with van der Waals surface area (Å²) in [6.07, 6.45) is 1.58. The molecule has 1 aromatic carbocycles. The summed E-state index contributed by atoms with van der Waals surface area (Å²) in [6.45, 7) is 2.38. The standard InChI is InChI=1S/C16H15N3O2/c1-11-4-6-12(7-5-11)14-9-15(19-18-14)16(20)17-10-13-3-2-8-21-13/h2-9H,10H2,1H3,(H,17,20)(H,18,19). The molecular weight excluding hydrogens is 266 g/mol. The maximum Gasteiger partial charge on any atom is 0.269 e. The Bertz CT molecular complexity index is 727. The summed E-state index contributed by atoms with van der Waals surface area (Å²) in [7, 11) is 0. The van der Waals surface area contributed by atoms with Crippen molar-refractivity contribution in [2.75, 3.05) is 0 Å². The number of benzene rings is 1. The van der Waals surface area contributed by atoms with Crippen LogP contribution in [-0.4, -0.2) is 16.1 Å². The Hall–Kier alpha value is -2.82. The van der Waals surface area contributed by atoms with E-state index < -0.39 is 0 Å². The van der Waals surface area contributed by atoms with E-state index in [1.165, 1.54) is 5.56 Å². The predicted octanol–water partition coefficient (Wildman–Crippen LogP) is 2.91. The van der Waals surface area contributed by atoms with Crippen LogP contribution in [0.5, 0.6) is 0 Å². The van der Waals surface area contributed by atoms with Crippen molar-refractivity contribution < 1.29 is 9.21 Å². The van der Waals surface area contributed by atoms with E-state index in [0.717, 1.165) is 11.3 Å². The van der Waals surface area contributed by atoms with E-state index >= 15 is 0 Å². The molecule has 0 radical (unpaired) electrons. The topological polar surface area (TPSA) is 70.9 Å². The molecule has 0 spiro atoms. The molecule has 5 nitrogen and oxygen atoms in total. The van der Waals surface area contributed by atoms with Gasteiger partial charge in [0.1, 0.15) is 11.5 Å². The highest BCUT2D eigenvalue weighted by molar-refractivity contribution is 5.93. The number of aromatic nitrogens is 2. The summed E-state index contributed by atoms with van der Waals surface area (Å²) in [5, 5.41) is 9.70. The van der Waals surface area contributed by atoms with Crippen LogP contribution in [0.1, 0.15) is 21.8 Å². The fourth-order valence-electron chi connectivity index (χ4n) is 1.99. The van der Waals surface area contributed by atoms with Gasteiger partial charge in [0.15, 0.2) is 0 Å². The van der Waals surface area contributed by atoms with Crippen LogP contribution in [0.15, 0.2) is 53.1 Å². The molecule has 0 saturated carbocycles. The molecule has 0 aliphatic heterocycles. The number of nitrogens with one attached hydrogen (secondary N) is 2. The number of aromatic amines is 1. The second-order valence-electron chi connectivity index (χ2n) is 4.79. The molecule has 3 rings (SSSR count). The van der Waals surface area contributed by atoms with Gasteiger partial charge in [-0.3, -0.25) is 9.89 Å². The molecule has 0 aliphatic rings. The van der Waals surface area contributed by atoms with Crippen LogP contribution in [-0.2, 0) is 6.54 Å². The normalized spacial score (nSPS) is 10.5. The summed E-state index contributed by atoms with van der Waals surface area (Å²) in [5.74, 6) is 0.499. The van der Waals surface area contributed by atoms with Crippen LogP contribution in [0, 0.1) is 6.92 Å². The minimum absolute atomic E-state index is 0.211. The van der Waals surface area contributed by atoms with Crippen LogP contribution in [0.3, 0.4) is 0 Å². The van der Waals surface area contributed by atoms with Gasteiger partial charge in [0.05, 0.1) is 18.5 Å². The summed E-state index contributed by atoms with van der Waals surface area (Å²) >= 11 is 0. The van der Waals surface area contributed by atoms with Crippen molar-refractivity contribution in [3.05, 3.63) is 65.7 Å². The Labute approximate surface area is 122 Å². The van der Waals surface area contributed by atoms with Crippen molar-refractivity contribution in [1.82, 2.24) is 15.5 Å². The molecule has 2 heterocycles. The van der Waals surface area contributed by atoms with Crippen LogP contribution < -0.4 is 5.32 Å². The third kappa shape index (κ3) is 3.02. The molecule has 0 aliphatic carbocycles. The lowest BCUT2D eigenvalue weighted by Crippen LogP contribution is -2.22. The molecule has 2 N–H and O–H groups in total. The SMILES string of the molecule is Cc1ccc(-c2cc(C(=O)NCc3ccco3)[nH]n2)cc1. The number of amides is 1. The number of rotatable bonds is 4. The largest absolute Gasteiger partial charge is 0.467 e. The van der Waals surface area contributed by atoms with Crippen molar-refractivity contribution in [1.29, 1.82) is 0 Å². The van der Waals surface area contributed by atoms with E-state index in [9.17, 15) is 4.79 Å². The Balaban J connectivity index is 1.69. The Kier molecular flexibility index (Phi) is 3.55. The summed E-state index contributed by atoms with van der Waals surface area (Å²) in [6, 6.07) is 13.3. The molecule has 2 aromatic heterocycles. The first-order valence-electron chi connectivity index (χ1n) is 6.65. The maximum absolute atomic E-state index is 12.0. The lowest BCUT2D eigenvalue weighted by molar-refractivity contribution is 0.0943. The zero-order valence-electron chi connectivity index (χ0n) is 11.6. The van der Waals surface area contributed by atoms with E-state index in [2.05, 4.69) is 15.5 Å². The first kappa shape index (κ1) is 13.2. The number of furan rings is 1. The minimum atomic E-state index is -0.211. The third-order valence-corrected chi connectivity index (χ3v) is 3.17. The van der Waals surface area contributed by atoms with Gasteiger partial charge in [-0.05, 0) is 25.1 Å². The zero-order valence-corrected chi connectivity index (χ0v) is 11.6. The highest BCUT2D eigenvalue weighted by Crippen LogP contribution is 2.18. The molecule has 0 fully saturated rings. The van der Waals surface area contributed by atoms with Crippen LogP contribution in [0.25, 0.3) is 11.3 Å². The summed E-state index contributed by atoms with van der Waals surface area (Å²) < 4.78 is 5.16. The quantitative estimate of drug-likeness (QED) is 0.772. The number of H-pyrrole nitrogens is 1. The van der Waals surface area contributed by atoms with E-state index in [4.69, 9.17) is 4.42 Å². The van der Waals surface area contributed by atoms with E-state index in [1.807, 2.05) is 37.3 Å². The van der Waals surface area contributed by atoms with E-state index in [-0.39, 0.29) is 5.91 Å². The fourth-order valence-corrected chi connectivity index (χ4v) is 1.99. The van der Waals surface area contributed by atoms with Crippen molar-refractivity contribution in [2.24, 2.45) is 0 Å². The molecular formula is C16H15N3O2. The average Bonchev–Trinajstić information content (AvgIpc) is 3.17. The van der Waals surface area contributed by atoms with E-state index in [1.54, 1.807) is 18.4 Å². The fraction of sp³-hybridized carbons (Fsp3) is 0.125. The Morgan fingerprint density at radius 2 is 2.10 bits per heavy atom. The maximum atomic E-state index is 12.0. The second-order valence-corrected chi connectivity index (χ2v) is 4.79. The molecule has 5 heteroatoms. The van der Waals surface area contributed by atoms with Crippen molar-refractivity contribution >= 4 is 5.91 Å². The molecule has 3 aromatic rings. The predicted molar refractivity (Wildman–Crippen MR) is 78.6 cm³/mol. The zero-order chi connectivity index (χ0) is 14.7. The number of carbonyl (C=O) groups excluding carboxylic acids is 1. The molecule has 0 unspecified atom stereocenters. The van der Waals surface area contributed by atoms with Gasteiger partial charge >= 0.3 is 0 Å². The van der Waals surface area contributed by atoms with Gasteiger partial charge in [0.25, 0.3) is 5.91 Å². The number of hydrogen-bond donors (Lipinski definition) is 2. The first-order chi connectivity index (χ1) is 10.2. The molecule has 106 valence electrons. The van der Waals surface area contributed by atoms with Crippen LogP contribution >= 0.6 is 0 Å². The lowest BCUT2D eigenvalue weighted by Gasteiger charge is -2.00. The third-order valence-electron chi connectivity index (χ3n) is 3.17. The van der Waals surface area contributed by atoms with Gasteiger partial charge in [-0.25, -0.2) is 0 Å². The van der Waals surface area contributed by atoms with Gasteiger partial charge in [0, 0.05) is 5.56 Å². The highest BCUT2D eigenvalue weighted by atomic mass is 16.3. The monoisotopic (exact) mass is 281 g/mol. The van der Waals surface area contributed by atoms with Crippen molar-refractivity contribution in [2.45, 2.75) is 13.5 Å². The summed E-state index contributed by atoms with van der Waals surface area (Å²) in [4.78, 5) is 12.0. The molecule has 21 heavy (non-hydrogen) atoms. The Morgan fingerprint density at radius 1 is 1.29 bits per heavy atom. The Morgan fingerprint density at radius 3 is 2.81 bits per heavy atom. The molecule has 1 amide bonds. The van der Waals surface area contributed by atoms with Gasteiger partial charge in [-0.1, -0.05) is 29.8 Å². The summed E-state index contributed by atoms with van der Waals surface area (Å²) in [5.41, 5.74) is 3.34. The van der Waals surface area contributed by atoms with Crippen molar-refractivity contribution in [3.63, 3.8) is 0 Å².